The van der Waals surface area contributed by atoms with E-state index in [9.17, 15) is 18.0 Å². The maximum atomic E-state index is 13.2. The van der Waals surface area contributed by atoms with Gasteiger partial charge < -0.3 is 16.0 Å². The van der Waals surface area contributed by atoms with Crippen molar-refractivity contribution in [1.82, 2.24) is 25.3 Å². The van der Waals surface area contributed by atoms with Crippen molar-refractivity contribution in [3.05, 3.63) is 59.9 Å². The Kier molecular flexibility index (Phi) is 7.42. The monoisotopic (exact) mass is 485 g/mol. The van der Waals surface area contributed by atoms with E-state index in [2.05, 4.69) is 35.9 Å². The van der Waals surface area contributed by atoms with Gasteiger partial charge in [0, 0.05) is 43.5 Å². The average molecular weight is 486 g/mol. The standard InChI is InChI=1S/C24H26F3N7O/c1-28-22-32-20(17-6-4-12-29-13-17)33-23(34-22)31-18-10-8-15(9-11-18)21(35)30-14-16-5-2-3-7-19(16)24(25,26)27/h2-7,12-13,15,18H,8-11,14H2,1H3,(H,30,35)(H2,28,31,32,33,34)/t15-,18+. The Bertz CT molecular complexity index is 1150. The minimum absolute atomic E-state index is 0.0586. The molecule has 1 saturated carbocycles. The third-order valence-corrected chi connectivity index (χ3v) is 5.99. The summed E-state index contributed by atoms with van der Waals surface area (Å²) in [6.45, 7) is -0.151. The van der Waals surface area contributed by atoms with E-state index in [4.69, 9.17) is 0 Å². The third-order valence-electron chi connectivity index (χ3n) is 5.99. The molecule has 1 aliphatic rings. The highest BCUT2D eigenvalue weighted by atomic mass is 19.4. The Hall–Kier alpha value is -3.76. The van der Waals surface area contributed by atoms with Gasteiger partial charge in [0.1, 0.15) is 0 Å². The summed E-state index contributed by atoms with van der Waals surface area (Å²) in [7, 11) is 1.73. The van der Waals surface area contributed by atoms with Crippen LogP contribution >= 0.6 is 0 Å². The Labute approximate surface area is 200 Å². The summed E-state index contributed by atoms with van der Waals surface area (Å²) in [5, 5.41) is 8.94. The number of amides is 1. The summed E-state index contributed by atoms with van der Waals surface area (Å²) in [5.74, 6) is 0.876. The highest BCUT2D eigenvalue weighted by Gasteiger charge is 2.33. The van der Waals surface area contributed by atoms with Crippen LogP contribution in [-0.4, -0.2) is 38.9 Å². The topological polar surface area (TPSA) is 105 Å². The number of hydrogen-bond donors (Lipinski definition) is 3. The van der Waals surface area contributed by atoms with Gasteiger partial charge in [0.05, 0.1) is 5.56 Å². The number of carbonyl (C=O) groups excluding carboxylic acids is 1. The molecule has 35 heavy (non-hydrogen) atoms. The fraction of sp³-hybridized carbons (Fsp3) is 0.375. The van der Waals surface area contributed by atoms with Crippen molar-refractivity contribution >= 4 is 17.8 Å². The van der Waals surface area contributed by atoms with E-state index in [0.29, 0.717) is 43.4 Å². The third kappa shape index (κ3) is 6.23. The number of carbonyl (C=O) groups is 1. The molecule has 1 fully saturated rings. The molecule has 4 rings (SSSR count). The zero-order chi connectivity index (χ0) is 24.8. The molecule has 8 nitrogen and oxygen atoms in total. The fourth-order valence-corrected chi connectivity index (χ4v) is 4.14. The molecule has 0 spiro atoms. The lowest BCUT2D eigenvalue weighted by molar-refractivity contribution is -0.138. The van der Waals surface area contributed by atoms with Gasteiger partial charge in [-0.2, -0.15) is 28.1 Å². The van der Waals surface area contributed by atoms with Crippen molar-refractivity contribution < 1.29 is 18.0 Å². The molecule has 2 heterocycles. The number of nitrogens with zero attached hydrogens (tertiary/aromatic N) is 4. The van der Waals surface area contributed by atoms with Crippen LogP contribution < -0.4 is 16.0 Å². The van der Waals surface area contributed by atoms with Crippen molar-refractivity contribution in [2.24, 2.45) is 5.92 Å². The minimum atomic E-state index is -4.45. The molecule has 2 aromatic heterocycles. The molecule has 3 N–H and O–H groups in total. The van der Waals surface area contributed by atoms with Crippen LogP contribution in [-0.2, 0) is 17.5 Å². The number of hydrogen-bond acceptors (Lipinski definition) is 7. The van der Waals surface area contributed by atoms with Crippen LogP contribution in [0.4, 0.5) is 25.1 Å². The van der Waals surface area contributed by atoms with E-state index in [-0.39, 0.29) is 30.0 Å². The first-order valence-electron chi connectivity index (χ1n) is 11.4. The molecule has 0 saturated heterocycles. The van der Waals surface area contributed by atoms with Crippen LogP contribution in [0.5, 0.6) is 0 Å². The molecular weight excluding hydrogens is 459 g/mol. The Morgan fingerprint density at radius 3 is 2.43 bits per heavy atom. The molecule has 0 atom stereocenters. The van der Waals surface area contributed by atoms with Gasteiger partial charge in [-0.3, -0.25) is 9.78 Å². The Morgan fingerprint density at radius 1 is 1.00 bits per heavy atom. The Morgan fingerprint density at radius 2 is 1.74 bits per heavy atom. The maximum absolute atomic E-state index is 13.2. The number of nitrogens with one attached hydrogen (secondary N) is 3. The first-order chi connectivity index (χ1) is 16.8. The average Bonchev–Trinajstić information content (AvgIpc) is 2.87. The van der Waals surface area contributed by atoms with Crippen molar-refractivity contribution in [3.8, 4) is 11.4 Å². The van der Waals surface area contributed by atoms with Gasteiger partial charge in [-0.05, 0) is 49.4 Å². The van der Waals surface area contributed by atoms with Crippen molar-refractivity contribution in [2.75, 3.05) is 17.7 Å². The summed E-state index contributed by atoms with van der Waals surface area (Å²) >= 11 is 0. The molecule has 0 unspecified atom stereocenters. The number of pyridine rings is 1. The number of anilines is 2. The van der Waals surface area contributed by atoms with Crippen LogP contribution in [0.1, 0.15) is 36.8 Å². The lowest BCUT2D eigenvalue weighted by Gasteiger charge is -2.28. The zero-order valence-corrected chi connectivity index (χ0v) is 19.1. The van der Waals surface area contributed by atoms with Crippen molar-refractivity contribution in [2.45, 2.75) is 44.4 Å². The van der Waals surface area contributed by atoms with E-state index in [1.807, 2.05) is 6.07 Å². The predicted molar refractivity (Wildman–Crippen MR) is 125 cm³/mol. The highest BCUT2D eigenvalue weighted by Crippen LogP contribution is 2.32. The Balaban J connectivity index is 1.33. The van der Waals surface area contributed by atoms with E-state index >= 15 is 0 Å². The van der Waals surface area contributed by atoms with E-state index in [1.165, 1.54) is 18.2 Å². The molecule has 1 aromatic carbocycles. The second-order valence-electron chi connectivity index (χ2n) is 8.36. The molecular formula is C24H26F3N7O. The van der Waals surface area contributed by atoms with Crippen molar-refractivity contribution in [3.63, 3.8) is 0 Å². The molecule has 0 aliphatic heterocycles. The zero-order valence-electron chi connectivity index (χ0n) is 19.1. The molecule has 0 radical (unpaired) electrons. The lowest BCUT2D eigenvalue weighted by Crippen LogP contribution is -2.36. The van der Waals surface area contributed by atoms with Gasteiger partial charge in [-0.1, -0.05) is 18.2 Å². The van der Waals surface area contributed by atoms with Gasteiger partial charge in [0.25, 0.3) is 0 Å². The summed E-state index contributed by atoms with van der Waals surface area (Å²) in [6, 6.07) is 9.03. The number of halogens is 3. The second kappa shape index (κ2) is 10.7. The van der Waals surface area contributed by atoms with E-state index in [0.717, 1.165) is 11.6 Å². The van der Waals surface area contributed by atoms with Crippen LogP contribution in [0.2, 0.25) is 0 Å². The normalized spacial score (nSPS) is 18.1. The number of rotatable bonds is 7. The summed E-state index contributed by atoms with van der Waals surface area (Å²) in [6.07, 6.45) is 1.54. The largest absolute Gasteiger partial charge is 0.416 e. The summed E-state index contributed by atoms with van der Waals surface area (Å²) in [4.78, 5) is 30.0. The van der Waals surface area contributed by atoms with Gasteiger partial charge in [-0.15, -0.1) is 0 Å². The number of aromatic nitrogens is 4. The SMILES string of the molecule is CNc1nc(N[C@H]2CC[C@@H](C(=O)NCc3ccccc3C(F)(F)F)CC2)nc(-c2cccnc2)n1. The summed E-state index contributed by atoms with van der Waals surface area (Å²) < 4.78 is 39.5. The molecule has 184 valence electrons. The maximum Gasteiger partial charge on any atom is 0.416 e. The fourth-order valence-electron chi connectivity index (χ4n) is 4.14. The van der Waals surface area contributed by atoms with Gasteiger partial charge in [0.15, 0.2) is 5.82 Å². The number of alkyl halides is 3. The molecule has 1 amide bonds. The van der Waals surface area contributed by atoms with Crippen molar-refractivity contribution in [1.29, 1.82) is 0 Å². The summed E-state index contributed by atoms with van der Waals surface area (Å²) in [5.41, 5.74) is 0.0994. The van der Waals surface area contributed by atoms with Gasteiger partial charge in [0.2, 0.25) is 17.8 Å². The molecule has 1 aliphatic carbocycles. The first kappa shape index (κ1) is 24.4. The predicted octanol–water partition coefficient (Wildman–Crippen LogP) is 4.28. The van der Waals surface area contributed by atoms with Gasteiger partial charge in [-0.25, -0.2) is 0 Å². The van der Waals surface area contributed by atoms with E-state index < -0.39 is 11.7 Å². The van der Waals surface area contributed by atoms with Crippen LogP contribution in [0.15, 0.2) is 48.8 Å². The smallest absolute Gasteiger partial charge is 0.357 e. The highest BCUT2D eigenvalue weighted by molar-refractivity contribution is 5.78. The van der Waals surface area contributed by atoms with Crippen LogP contribution in [0.25, 0.3) is 11.4 Å². The van der Waals surface area contributed by atoms with Crippen LogP contribution in [0.3, 0.4) is 0 Å². The second-order valence-corrected chi connectivity index (χ2v) is 8.36. The molecule has 11 heteroatoms. The quantitative estimate of drug-likeness (QED) is 0.459. The first-order valence-corrected chi connectivity index (χ1v) is 11.4. The van der Waals surface area contributed by atoms with E-state index in [1.54, 1.807) is 25.5 Å². The van der Waals surface area contributed by atoms with Gasteiger partial charge >= 0.3 is 6.18 Å². The molecule has 0 bridgehead atoms. The molecule has 3 aromatic rings. The lowest BCUT2D eigenvalue weighted by atomic mass is 9.85. The van der Waals surface area contributed by atoms with Crippen LogP contribution in [0, 0.1) is 5.92 Å². The number of benzene rings is 1. The minimum Gasteiger partial charge on any atom is -0.357 e.